The molecule has 136 valence electrons. The molecule has 0 aromatic heterocycles. The number of nitrogens with zero attached hydrogens (tertiary/aromatic N) is 2. The Morgan fingerprint density at radius 1 is 1.15 bits per heavy atom. The first-order valence-electron chi connectivity index (χ1n) is 8.47. The van der Waals surface area contributed by atoms with Gasteiger partial charge in [0.2, 0.25) is 15.9 Å². The quantitative estimate of drug-likeness (QED) is 0.812. The lowest BCUT2D eigenvalue weighted by molar-refractivity contribution is -0.128. The third kappa shape index (κ3) is 2.46. The van der Waals surface area contributed by atoms with E-state index in [2.05, 4.69) is 0 Å². The van der Waals surface area contributed by atoms with Crippen LogP contribution in [0, 0.1) is 5.82 Å². The number of hydrogen-bond donors (Lipinski definition) is 0. The van der Waals surface area contributed by atoms with Crippen LogP contribution in [0.2, 0.25) is 0 Å². The number of halogens is 1. The minimum absolute atomic E-state index is 0.0645. The van der Waals surface area contributed by atoms with Crippen molar-refractivity contribution in [2.75, 3.05) is 13.1 Å². The van der Waals surface area contributed by atoms with E-state index in [0.717, 1.165) is 5.56 Å². The second-order valence-electron chi connectivity index (χ2n) is 6.86. The number of likely N-dealkylation sites (tertiary alicyclic amines) is 1. The average molecular weight is 374 g/mol. The lowest BCUT2D eigenvalue weighted by atomic mass is 9.88. The van der Waals surface area contributed by atoms with Crippen molar-refractivity contribution in [2.45, 2.75) is 30.3 Å². The van der Waals surface area contributed by atoms with Crippen LogP contribution in [0.25, 0.3) is 0 Å². The molecular formula is C19H19FN2O3S. The first-order chi connectivity index (χ1) is 12.3. The zero-order valence-corrected chi connectivity index (χ0v) is 15.2. The van der Waals surface area contributed by atoms with Crippen LogP contribution < -0.4 is 0 Å². The summed E-state index contributed by atoms with van der Waals surface area (Å²) in [6.07, 6.45) is 0.546. The van der Waals surface area contributed by atoms with Crippen molar-refractivity contribution in [2.24, 2.45) is 0 Å². The van der Waals surface area contributed by atoms with E-state index in [1.807, 2.05) is 12.1 Å². The van der Waals surface area contributed by atoms with Crippen LogP contribution in [0.1, 0.15) is 24.5 Å². The van der Waals surface area contributed by atoms with Gasteiger partial charge in [0.25, 0.3) is 0 Å². The molecule has 0 saturated carbocycles. The second kappa shape index (κ2) is 5.89. The van der Waals surface area contributed by atoms with Gasteiger partial charge in [-0.25, -0.2) is 12.8 Å². The minimum Gasteiger partial charge on any atom is -0.341 e. The van der Waals surface area contributed by atoms with Crippen molar-refractivity contribution >= 4 is 15.9 Å². The van der Waals surface area contributed by atoms with Crippen molar-refractivity contribution in [3.8, 4) is 0 Å². The van der Waals surface area contributed by atoms with Gasteiger partial charge in [0.1, 0.15) is 5.82 Å². The molecule has 1 saturated heterocycles. The van der Waals surface area contributed by atoms with Crippen molar-refractivity contribution in [1.29, 1.82) is 0 Å². The molecule has 2 aromatic rings. The fourth-order valence-corrected chi connectivity index (χ4v) is 6.09. The molecule has 2 aliphatic heterocycles. The van der Waals surface area contributed by atoms with E-state index in [1.165, 1.54) is 23.4 Å². The predicted octanol–water partition coefficient (Wildman–Crippen LogP) is 2.48. The van der Waals surface area contributed by atoms with Gasteiger partial charge < -0.3 is 4.90 Å². The maximum Gasteiger partial charge on any atom is 0.244 e. The van der Waals surface area contributed by atoms with E-state index in [0.29, 0.717) is 30.0 Å². The largest absolute Gasteiger partial charge is 0.341 e. The third-order valence-corrected chi connectivity index (χ3v) is 7.34. The molecule has 2 heterocycles. The zero-order valence-electron chi connectivity index (χ0n) is 14.4. The standard InChI is InChI=1S/C19H19FN2O3S/c1-14(23)21-11-10-19(13-21)17-4-2-3-5-18(17)26(24,25)22(19)12-15-6-8-16(20)9-7-15/h2-9H,10-13H2,1H3/t19-/m0/s1. The Morgan fingerprint density at radius 2 is 1.85 bits per heavy atom. The van der Waals surface area contributed by atoms with Gasteiger partial charge in [0.05, 0.1) is 10.4 Å². The molecular weight excluding hydrogens is 355 g/mol. The van der Waals surface area contributed by atoms with Gasteiger partial charge in [0, 0.05) is 26.6 Å². The number of rotatable bonds is 2. The van der Waals surface area contributed by atoms with Crippen molar-refractivity contribution in [3.63, 3.8) is 0 Å². The van der Waals surface area contributed by atoms with Crippen LogP contribution in [-0.4, -0.2) is 36.6 Å². The summed E-state index contributed by atoms with van der Waals surface area (Å²) in [6.45, 7) is 2.49. The van der Waals surface area contributed by atoms with Crippen molar-refractivity contribution in [3.05, 3.63) is 65.5 Å². The summed E-state index contributed by atoms with van der Waals surface area (Å²) in [5.41, 5.74) is 0.685. The molecule has 7 heteroatoms. The molecule has 1 fully saturated rings. The van der Waals surface area contributed by atoms with Gasteiger partial charge in [-0.2, -0.15) is 4.31 Å². The first kappa shape index (κ1) is 17.2. The van der Waals surface area contributed by atoms with Gasteiger partial charge in [-0.3, -0.25) is 4.79 Å². The topological polar surface area (TPSA) is 57.7 Å². The maximum atomic E-state index is 13.2. The van der Waals surface area contributed by atoms with Crippen LogP contribution >= 0.6 is 0 Å². The van der Waals surface area contributed by atoms with Crippen molar-refractivity contribution < 1.29 is 17.6 Å². The van der Waals surface area contributed by atoms with Gasteiger partial charge in [-0.15, -0.1) is 0 Å². The highest BCUT2D eigenvalue weighted by atomic mass is 32.2. The molecule has 1 amide bonds. The molecule has 0 radical (unpaired) electrons. The number of benzene rings is 2. The number of amides is 1. The minimum atomic E-state index is -3.69. The van der Waals surface area contributed by atoms with Crippen LogP contribution in [0.5, 0.6) is 0 Å². The van der Waals surface area contributed by atoms with Gasteiger partial charge >= 0.3 is 0 Å². The molecule has 2 aliphatic rings. The highest BCUT2D eigenvalue weighted by Crippen LogP contribution is 2.50. The van der Waals surface area contributed by atoms with Gasteiger partial charge in [0.15, 0.2) is 0 Å². The molecule has 0 bridgehead atoms. The molecule has 1 spiro atoms. The first-order valence-corrected chi connectivity index (χ1v) is 9.91. The SMILES string of the molecule is CC(=O)N1CC[C@]2(C1)c1ccccc1S(=O)(=O)N2Cc1ccc(F)cc1. The van der Waals surface area contributed by atoms with E-state index >= 15 is 0 Å². The predicted molar refractivity (Wildman–Crippen MR) is 94.1 cm³/mol. The monoisotopic (exact) mass is 374 g/mol. The Kier molecular flexibility index (Phi) is 3.89. The Hall–Kier alpha value is -2.25. The van der Waals surface area contributed by atoms with Crippen molar-refractivity contribution in [1.82, 2.24) is 9.21 Å². The van der Waals surface area contributed by atoms with Gasteiger partial charge in [-0.1, -0.05) is 30.3 Å². The number of hydrogen-bond acceptors (Lipinski definition) is 3. The number of carbonyl (C=O) groups is 1. The Balaban J connectivity index is 1.82. The lowest BCUT2D eigenvalue weighted by Crippen LogP contribution is -2.45. The molecule has 26 heavy (non-hydrogen) atoms. The van der Waals surface area contributed by atoms with E-state index in [1.54, 1.807) is 29.2 Å². The average Bonchev–Trinajstić information content (AvgIpc) is 3.13. The van der Waals surface area contributed by atoms with E-state index in [4.69, 9.17) is 0 Å². The Labute approximate surface area is 152 Å². The molecule has 0 unspecified atom stereocenters. The number of sulfonamides is 1. The molecule has 4 rings (SSSR count). The molecule has 5 nitrogen and oxygen atoms in total. The molecule has 2 aromatic carbocycles. The van der Waals surface area contributed by atoms with E-state index in [-0.39, 0.29) is 18.3 Å². The zero-order chi connectivity index (χ0) is 18.5. The summed E-state index contributed by atoms with van der Waals surface area (Å²) in [7, 11) is -3.69. The Morgan fingerprint density at radius 3 is 2.50 bits per heavy atom. The molecule has 0 aliphatic carbocycles. The van der Waals surface area contributed by atoms with Crippen LogP contribution in [0.3, 0.4) is 0 Å². The lowest BCUT2D eigenvalue weighted by Gasteiger charge is -2.34. The Bertz CT molecular complexity index is 975. The summed E-state index contributed by atoms with van der Waals surface area (Å²) >= 11 is 0. The summed E-state index contributed by atoms with van der Waals surface area (Å²) in [4.78, 5) is 13.9. The summed E-state index contributed by atoms with van der Waals surface area (Å²) in [5.74, 6) is -0.426. The fourth-order valence-electron chi connectivity index (χ4n) is 4.04. The number of fused-ring (bicyclic) bond motifs is 2. The number of carbonyl (C=O) groups excluding carboxylic acids is 1. The van der Waals surface area contributed by atoms with E-state index in [9.17, 15) is 17.6 Å². The normalized spacial score (nSPS) is 24.2. The maximum absolute atomic E-state index is 13.2. The highest BCUT2D eigenvalue weighted by molar-refractivity contribution is 7.89. The smallest absolute Gasteiger partial charge is 0.244 e. The van der Waals surface area contributed by atoms with Gasteiger partial charge in [-0.05, 0) is 35.7 Å². The van der Waals surface area contributed by atoms with Crippen LogP contribution in [0.4, 0.5) is 4.39 Å². The third-order valence-electron chi connectivity index (χ3n) is 5.37. The second-order valence-corrected chi connectivity index (χ2v) is 8.69. The van der Waals surface area contributed by atoms with Crippen LogP contribution in [0.15, 0.2) is 53.4 Å². The summed E-state index contributed by atoms with van der Waals surface area (Å²) < 4.78 is 41.2. The summed E-state index contributed by atoms with van der Waals surface area (Å²) in [5, 5.41) is 0. The highest BCUT2D eigenvalue weighted by Gasteiger charge is 2.56. The fraction of sp³-hybridized carbons (Fsp3) is 0.316. The van der Waals surface area contributed by atoms with Crippen LogP contribution in [-0.2, 0) is 26.9 Å². The molecule has 0 N–H and O–H groups in total. The molecule has 1 atom stereocenters. The van der Waals surface area contributed by atoms with E-state index < -0.39 is 15.6 Å². The summed E-state index contributed by atoms with van der Waals surface area (Å²) in [6, 6.07) is 12.8.